The van der Waals surface area contributed by atoms with Crippen molar-refractivity contribution in [2.45, 2.75) is 27.4 Å². The molecule has 0 unspecified atom stereocenters. The molecule has 0 aromatic heterocycles. The van der Waals surface area contributed by atoms with Crippen LogP contribution in [0.5, 0.6) is 0 Å². The Morgan fingerprint density at radius 2 is 1.77 bits per heavy atom. The Kier molecular flexibility index (Phi) is 6.80. The molecule has 0 atom stereocenters. The van der Waals surface area contributed by atoms with Gasteiger partial charge in [0.2, 0.25) is 0 Å². The summed E-state index contributed by atoms with van der Waals surface area (Å²) in [5, 5.41) is 5.55. The standard InChI is InChI=1S/C20H23BrN2O3/c1-20(2,3)13-22-18(24)15-9-10-16(21)17(11-15)23-19(25)26-12-14-7-5-4-6-8-14/h4-11H,12-13H2,1-3H3,(H,22,24)(H,23,25). The van der Waals surface area contributed by atoms with Crippen LogP contribution >= 0.6 is 15.9 Å². The molecule has 0 radical (unpaired) electrons. The Labute approximate surface area is 162 Å². The van der Waals surface area contributed by atoms with Crippen molar-refractivity contribution in [3.63, 3.8) is 0 Å². The molecule has 0 saturated heterocycles. The van der Waals surface area contributed by atoms with Crippen molar-refractivity contribution >= 4 is 33.6 Å². The van der Waals surface area contributed by atoms with Crippen LogP contribution in [-0.4, -0.2) is 18.5 Å². The van der Waals surface area contributed by atoms with Crippen LogP contribution in [-0.2, 0) is 11.3 Å². The van der Waals surface area contributed by atoms with Gasteiger partial charge in [-0.2, -0.15) is 0 Å². The van der Waals surface area contributed by atoms with Gasteiger partial charge in [-0.05, 0) is 45.1 Å². The molecule has 0 heterocycles. The molecule has 0 saturated carbocycles. The van der Waals surface area contributed by atoms with Gasteiger partial charge in [-0.3, -0.25) is 10.1 Å². The molecule has 0 aliphatic heterocycles. The van der Waals surface area contributed by atoms with Crippen molar-refractivity contribution < 1.29 is 14.3 Å². The first-order chi connectivity index (χ1) is 12.2. The van der Waals surface area contributed by atoms with E-state index in [0.717, 1.165) is 5.56 Å². The second kappa shape index (κ2) is 8.85. The summed E-state index contributed by atoms with van der Waals surface area (Å²) >= 11 is 3.37. The number of hydrogen-bond donors (Lipinski definition) is 2. The highest BCUT2D eigenvalue weighted by atomic mass is 79.9. The molecule has 0 fully saturated rings. The molecule has 2 amide bonds. The fraction of sp³-hybridized carbons (Fsp3) is 0.300. The molecule has 0 aliphatic rings. The third kappa shape index (κ3) is 6.52. The molecular formula is C20H23BrN2O3. The number of rotatable bonds is 5. The summed E-state index contributed by atoms with van der Waals surface area (Å²) in [6, 6.07) is 14.5. The van der Waals surface area contributed by atoms with E-state index >= 15 is 0 Å². The Morgan fingerprint density at radius 3 is 2.42 bits per heavy atom. The Bertz CT molecular complexity index is 770. The lowest BCUT2D eigenvalue weighted by Crippen LogP contribution is -2.32. The number of carbonyl (C=O) groups excluding carboxylic acids is 2. The number of ether oxygens (including phenoxy) is 1. The molecule has 0 bridgehead atoms. The predicted molar refractivity (Wildman–Crippen MR) is 106 cm³/mol. The zero-order valence-corrected chi connectivity index (χ0v) is 16.7. The Balaban J connectivity index is 1.98. The smallest absolute Gasteiger partial charge is 0.411 e. The molecule has 2 N–H and O–H groups in total. The van der Waals surface area contributed by atoms with Crippen LogP contribution in [0, 0.1) is 5.41 Å². The van der Waals surface area contributed by atoms with E-state index in [1.807, 2.05) is 51.1 Å². The van der Waals surface area contributed by atoms with Gasteiger partial charge in [0.05, 0.1) is 5.69 Å². The van der Waals surface area contributed by atoms with Crippen LogP contribution in [0.25, 0.3) is 0 Å². The minimum absolute atomic E-state index is 0.00660. The predicted octanol–water partition coefficient (Wildman–Crippen LogP) is 4.97. The second-order valence-corrected chi connectivity index (χ2v) is 7.98. The maximum absolute atomic E-state index is 12.3. The molecule has 0 spiro atoms. The fourth-order valence-electron chi connectivity index (χ4n) is 2.08. The van der Waals surface area contributed by atoms with Gasteiger partial charge >= 0.3 is 6.09 Å². The normalized spacial score (nSPS) is 10.9. The van der Waals surface area contributed by atoms with Crippen molar-refractivity contribution in [2.75, 3.05) is 11.9 Å². The van der Waals surface area contributed by atoms with Crippen LogP contribution in [0.3, 0.4) is 0 Å². The summed E-state index contributed by atoms with van der Waals surface area (Å²) in [5.74, 6) is -0.187. The molecule has 2 aromatic rings. The molecule has 0 aliphatic carbocycles. The molecule has 6 heteroatoms. The fourth-order valence-corrected chi connectivity index (χ4v) is 2.42. The zero-order chi connectivity index (χ0) is 19.2. The van der Waals surface area contributed by atoms with E-state index in [4.69, 9.17) is 4.74 Å². The SMILES string of the molecule is CC(C)(C)CNC(=O)c1ccc(Br)c(NC(=O)OCc2ccccc2)c1. The van der Waals surface area contributed by atoms with E-state index in [1.54, 1.807) is 18.2 Å². The van der Waals surface area contributed by atoms with Gasteiger partial charge in [-0.1, -0.05) is 51.1 Å². The topological polar surface area (TPSA) is 67.4 Å². The summed E-state index contributed by atoms with van der Waals surface area (Å²) in [4.78, 5) is 24.3. The van der Waals surface area contributed by atoms with E-state index in [2.05, 4.69) is 26.6 Å². The first-order valence-corrected chi connectivity index (χ1v) is 9.09. The average molecular weight is 419 g/mol. The lowest BCUT2D eigenvalue weighted by molar-refractivity contribution is 0.0939. The number of halogens is 1. The van der Waals surface area contributed by atoms with Crippen molar-refractivity contribution in [1.82, 2.24) is 5.32 Å². The number of hydrogen-bond acceptors (Lipinski definition) is 3. The van der Waals surface area contributed by atoms with Crippen LogP contribution in [0.1, 0.15) is 36.7 Å². The molecule has 2 aromatic carbocycles. The van der Waals surface area contributed by atoms with Crippen LogP contribution in [0.2, 0.25) is 0 Å². The highest BCUT2D eigenvalue weighted by molar-refractivity contribution is 9.10. The molecule has 26 heavy (non-hydrogen) atoms. The Hall–Kier alpha value is -2.34. The van der Waals surface area contributed by atoms with Gasteiger partial charge in [0.15, 0.2) is 0 Å². The van der Waals surface area contributed by atoms with E-state index in [0.29, 0.717) is 22.3 Å². The third-order valence-electron chi connectivity index (χ3n) is 3.46. The second-order valence-electron chi connectivity index (χ2n) is 7.12. The van der Waals surface area contributed by atoms with Gasteiger partial charge in [0.25, 0.3) is 5.91 Å². The van der Waals surface area contributed by atoms with E-state index in [9.17, 15) is 9.59 Å². The molecule has 2 rings (SSSR count). The van der Waals surface area contributed by atoms with Gasteiger partial charge < -0.3 is 10.1 Å². The monoisotopic (exact) mass is 418 g/mol. The summed E-state index contributed by atoms with van der Waals surface area (Å²) in [7, 11) is 0. The summed E-state index contributed by atoms with van der Waals surface area (Å²) in [6.45, 7) is 6.87. The average Bonchev–Trinajstić information content (AvgIpc) is 2.60. The number of amides is 2. The summed E-state index contributed by atoms with van der Waals surface area (Å²) in [6.07, 6.45) is -0.582. The highest BCUT2D eigenvalue weighted by Gasteiger charge is 2.15. The van der Waals surface area contributed by atoms with Crippen LogP contribution < -0.4 is 10.6 Å². The minimum Gasteiger partial charge on any atom is -0.444 e. The Morgan fingerprint density at radius 1 is 1.08 bits per heavy atom. The largest absolute Gasteiger partial charge is 0.444 e. The van der Waals surface area contributed by atoms with Gasteiger partial charge in [0, 0.05) is 16.6 Å². The lowest BCUT2D eigenvalue weighted by atomic mass is 9.97. The quantitative estimate of drug-likeness (QED) is 0.719. The minimum atomic E-state index is -0.582. The maximum Gasteiger partial charge on any atom is 0.411 e. The number of carbonyl (C=O) groups is 2. The van der Waals surface area contributed by atoms with Crippen molar-refractivity contribution in [1.29, 1.82) is 0 Å². The molecular weight excluding hydrogens is 396 g/mol. The van der Waals surface area contributed by atoms with Crippen LogP contribution in [0.15, 0.2) is 53.0 Å². The number of anilines is 1. The van der Waals surface area contributed by atoms with E-state index in [-0.39, 0.29) is 17.9 Å². The first-order valence-electron chi connectivity index (χ1n) is 8.30. The summed E-state index contributed by atoms with van der Waals surface area (Å²) in [5.41, 5.74) is 1.84. The van der Waals surface area contributed by atoms with Crippen molar-refractivity contribution in [3.05, 3.63) is 64.1 Å². The third-order valence-corrected chi connectivity index (χ3v) is 4.15. The van der Waals surface area contributed by atoms with Crippen LogP contribution in [0.4, 0.5) is 10.5 Å². The van der Waals surface area contributed by atoms with Gasteiger partial charge in [-0.25, -0.2) is 4.79 Å². The first kappa shape index (κ1) is 20.0. The number of nitrogens with one attached hydrogen (secondary N) is 2. The highest BCUT2D eigenvalue weighted by Crippen LogP contribution is 2.24. The molecule has 138 valence electrons. The lowest BCUT2D eigenvalue weighted by Gasteiger charge is -2.19. The van der Waals surface area contributed by atoms with E-state index in [1.165, 1.54) is 0 Å². The zero-order valence-electron chi connectivity index (χ0n) is 15.1. The molecule has 5 nitrogen and oxygen atoms in total. The van der Waals surface area contributed by atoms with Crippen molar-refractivity contribution in [2.24, 2.45) is 5.41 Å². The van der Waals surface area contributed by atoms with E-state index < -0.39 is 6.09 Å². The van der Waals surface area contributed by atoms with Crippen molar-refractivity contribution in [3.8, 4) is 0 Å². The van der Waals surface area contributed by atoms with Gasteiger partial charge in [-0.15, -0.1) is 0 Å². The summed E-state index contributed by atoms with van der Waals surface area (Å²) < 4.78 is 5.88. The number of benzene rings is 2. The maximum atomic E-state index is 12.3. The van der Waals surface area contributed by atoms with Gasteiger partial charge in [0.1, 0.15) is 6.61 Å².